The lowest BCUT2D eigenvalue weighted by Crippen LogP contribution is -2.28. The van der Waals surface area contributed by atoms with Crippen LogP contribution in [0.25, 0.3) is 22.0 Å². The van der Waals surface area contributed by atoms with E-state index in [4.69, 9.17) is 14.2 Å². The van der Waals surface area contributed by atoms with E-state index >= 15 is 0 Å². The number of pyridine rings is 1. The number of ether oxygens (including phenoxy) is 3. The number of benzene rings is 3. The standard InChI is InChI=1S/C28H28N2O6/c1-5-29-19-11-14-22-21(15-19)24(17-9-12-20(34-2)13-10-17)25(28(32)33)27(31)30(22)16-18-7-6-8-23(35-3)26(18)36-4/h6-15,29H,5,16H2,1-4H3,(H,32,33). The molecular weight excluding hydrogens is 460 g/mol. The molecule has 0 aliphatic heterocycles. The Morgan fingerprint density at radius 1 is 0.972 bits per heavy atom. The SMILES string of the molecule is CCNc1ccc2c(c1)c(-c1ccc(OC)cc1)c(C(=O)O)c(=O)n2Cc1cccc(OC)c1OC. The molecule has 1 heterocycles. The maximum atomic E-state index is 13.8. The Balaban J connectivity index is 2.06. The summed E-state index contributed by atoms with van der Waals surface area (Å²) in [6.07, 6.45) is 0. The van der Waals surface area contributed by atoms with Gasteiger partial charge in [0.1, 0.15) is 11.3 Å². The van der Waals surface area contributed by atoms with E-state index in [0.29, 0.717) is 51.4 Å². The lowest BCUT2D eigenvalue weighted by molar-refractivity contribution is 0.0695. The number of hydrogen-bond donors (Lipinski definition) is 2. The maximum absolute atomic E-state index is 13.8. The Kier molecular flexibility index (Phi) is 7.15. The molecular formula is C28H28N2O6. The van der Waals surface area contributed by atoms with Gasteiger partial charge in [-0.25, -0.2) is 4.79 Å². The topological polar surface area (TPSA) is 99.0 Å². The summed E-state index contributed by atoms with van der Waals surface area (Å²) in [5.41, 5.74) is 2.16. The van der Waals surface area contributed by atoms with Gasteiger partial charge in [0.25, 0.3) is 5.56 Å². The Morgan fingerprint density at radius 2 is 1.72 bits per heavy atom. The molecule has 0 saturated carbocycles. The molecule has 186 valence electrons. The molecule has 1 aromatic heterocycles. The molecule has 4 rings (SSSR count). The molecule has 0 unspecified atom stereocenters. The number of aromatic nitrogens is 1. The molecule has 8 nitrogen and oxygen atoms in total. The third kappa shape index (κ3) is 4.45. The van der Waals surface area contributed by atoms with E-state index < -0.39 is 11.5 Å². The van der Waals surface area contributed by atoms with Crippen LogP contribution in [0.5, 0.6) is 17.2 Å². The van der Waals surface area contributed by atoms with Crippen molar-refractivity contribution in [3.05, 3.63) is 82.1 Å². The number of carbonyl (C=O) groups is 1. The number of anilines is 1. The summed E-state index contributed by atoms with van der Waals surface area (Å²) in [6.45, 7) is 2.77. The van der Waals surface area contributed by atoms with Crippen LogP contribution in [-0.4, -0.2) is 43.5 Å². The Morgan fingerprint density at radius 3 is 2.33 bits per heavy atom. The number of nitrogens with zero attached hydrogens (tertiary/aromatic N) is 1. The van der Waals surface area contributed by atoms with Crippen molar-refractivity contribution >= 4 is 22.6 Å². The van der Waals surface area contributed by atoms with Crippen molar-refractivity contribution in [3.8, 4) is 28.4 Å². The summed E-state index contributed by atoms with van der Waals surface area (Å²) in [5.74, 6) is 0.343. The van der Waals surface area contributed by atoms with Gasteiger partial charge in [-0.05, 0) is 48.9 Å². The van der Waals surface area contributed by atoms with E-state index in [1.165, 1.54) is 18.8 Å². The highest BCUT2D eigenvalue weighted by Crippen LogP contribution is 2.35. The smallest absolute Gasteiger partial charge is 0.342 e. The summed E-state index contributed by atoms with van der Waals surface area (Å²) in [5, 5.41) is 14.1. The van der Waals surface area contributed by atoms with Gasteiger partial charge in [-0.1, -0.05) is 24.3 Å². The molecule has 0 radical (unpaired) electrons. The average molecular weight is 489 g/mol. The fraction of sp³-hybridized carbons (Fsp3) is 0.214. The summed E-state index contributed by atoms with van der Waals surface area (Å²) in [7, 11) is 4.63. The monoisotopic (exact) mass is 488 g/mol. The van der Waals surface area contributed by atoms with Gasteiger partial charge < -0.3 is 29.2 Å². The largest absolute Gasteiger partial charge is 0.497 e. The average Bonchev–Trinajstić information content (AvgIpc) is 2.89. The van der Waals surface area contributed by atoms with Crippen LogP contribution >= 0.6 is 0 Å². The number of fused-ring (bicyclic) bond motifs is 1. The molecule has 3 aromatic carbocycles. The van der Waals surface area contributed by atoms with Crippen molar-refractivity contribution < 1.29 is 24.1 Å². The van der Waals surface area contributed by atoms with Crippen LogP contribution in [0.2, 0.25) is 0 Å². The van der Waals surface area contributed by atoms with Crippen molar-refractivity contribution in [2.75, 3.05) is 33.2 Å². The van der Waals surface area contributed by atoms with Gasteiger partial charge >= 0.3 is 5.97 Å². The zero-order valence-electron chi connectivity index (χ0n) is 20.6. The highest BCUT2D eigenvalue weighted by molar-refractivity contribution is 6.07. The van der Waals surface area contributed by atoms with Gasteiger partial charge in [0.15, 0.2) is 11.5 Å². The molecule has 8 heteroatoms. The van der Waals surface area contributed by atoms with Crippen LogP contribution in [-0.2, 0) is 6.54 Å². The van der Waals surface area contributed by atoms with Gasteiger partial charge in [0.05, 0.1) is 33.4 Å². The number of nitrogens with one attached hydrogen (secondary N) is 1. The lowest BCUT2D eigenvalue weighted by Gasteiger charge is -2.19. The van der Waals surface area contributed by atoms with Gasteiger partial charge in [-0.2, -0.15) is 0 Å². The molecule has 0 spiro atoms. The van der Waals surface area contributed by atoms with Crippen molar-refractivity contribution in [1.82, 2.24) is 4.57 Å². The number of methoxy groups -OCH3 is 3. The number of rotatable bonds is 9. The molecule has 4 aromatic rings. The molecule has 0 fully saturated rings. The van der Waals surface area contributed by atoms with Crippen molar-refractivity contribution in [1.29, 1.82) is 0 Å². The van der Waals surface area contributed by atoms with Crippen LogP contribution in [0.15, 0.2) is 65.5 Å². The number of hydrogen-bond acceptors (Lipinski definition) is 6. The van der Waals surface area contributed by atoms with Crippen molar-refractivity contribution in [2.24, 2.45) is 0 Å². The van der Waals surface area contributed by atoms with E-state index in [1.54, 1.807) is 43.5 Å². The van der Waals surface area contributed by atoms with Crippen LogP contribution < -0.4 is 25.1 Å². The number of para-hydroxylation sites is 1. The Labute approximate surface area is 208 Å². The van der Waals surface area contributed by atoms with E-state index in [-0.39, 0.29) is 12.1 Å². The molecule has 36 heavy (non-hydrogen) atoms. The number of aromatic carboxylic acids is 1. The minimum atomic E-state index is -1.30. The predicted octanol–water partition coefficient (Wildman–Crippen LogP) is 4.87. The first-order valence-corrected chi connectivity index (χ1v) is 11.5. The molecule has 0 saturated heterocycles. The van der Waals surface area contributed by atoms with Crippen molar-refractivity contribution in [2.45, 2.75) is 13.5 Å². The first kappa shape index (κ1) is 24.7. The van der Waals surface area contributed by atoms with Gasteiger partial charge in [-0.3, -0.25) is 4.79 Å². The molecule has 0 aliphatic carbocycles. The predicted molar refractivity (Wildman–Crippen MR) is 140 cm³/mol. The third-order valence-electron chi connectivity index (χ3n) is 6.05. The van der Waals surface area contributed by atoms with E-state index in [1.807, 2.05) is 31.2 Å². The van der Waals surface area contributed by atoms with E-state index in [0.717, 1.165) is 5.69 Å². The highest BCUT2D eigenvalue weighted by Gasteiger charge is 2.24. The van der Waals surface area contributed by atoms with Crippen LogP contribution in [0.4, 0.5) is 5.69 Å². The summed E-state index contributed by atoms with van der Waals surface area (Å²) in [4.78, 5) is 26.3. The van der Waals surface area contributed by atoms with Crippen LogP contribution in [0.1, 0.15) is 22.8 Å². The van der Waals surface area contributed by atoms with Gasteiger partial charge in [0.2, 0.25) is 0 Å². The molecule has 2 N–H and O–H groups in total. The normalized spacial score (nSPS) is 10.8. The second-order valence-corrected chi connectivity index (χ2v) is 8.09. The molecule has 0 aliphatic rings. The zero-order chi connectivity index (χ0) is 25.8. The second kappa shape index (κ2) is 10.4. The highest BCUT2D eigenvalue weighted by atomic mass is 16.5. The van der Waals surface area contributed by atoms with Crippen LogP contribution in [0.3, 0.4) is 0 Å². The third-order valence-corrected chi connectivity index (χ3v) is 6.05. The summed E-state index contributed by atoms with van der Waals surface area (Å²) >= 11 is 0. The van der Waals surface area contributed by atoms with E-state index in [2.05, 4.69) is 5.32 Å². The number of carboxylic acid groups (broad SMARTS) is 1. The van der Waals surface area contributed by atoms with Crippen molar-refractivity contribution in [3.63, 3.8) is 0 Å². The number of carboxylic acids is 1. The fourth-order valence-corrected chi connectivity index (χ4v) is 4.43. The lowest BCUT2D eigenvalue weighted by atomic mass is 9.95. The second-order valence-electron chi connectivity index (χ2n) is 8.09. The summed E-state index contributed by atoms with van der Waals surface area (Å²) < 4.78 is 17.7. The molecule has 0 bridgehead atoms. The Hall–Kier alpha value is -4.46. The molecule has 0 amide bonds. The fourth-order valence-electron chi connectivity index (χ4n) is 4.43. The quantitative estimate of drug-likeness (QED) is 0.347. The minimum absolute atomic E-state index is 0.0967. The summed E-state index contributed by atoms with van der Waals surface area (Å²) in [6, 6.07) is 18.0. The minimum Gasteiger partial charge on any atom is -0.497 e. The van der Waals surface area contributed by atoms with Gasteiger partial charge in [0, 0.05) is 28.7 Å². The van der Waals surface area contributed by atoms with Crippen LogP contribution in [0, 0.1) is 0 Å². The zero-order valence-corrected chi connectivity index (χ0v) is 20.6. The van der Waals surface area contributed by atoms with E-state index in [9.17, 15) is 14.7 Å². The molecule has 0 atom stereocenters. The van der Waals surface area contributed by atoms with Gasteiger partial charge in [-0.15, -0.1) is 0 Å². The first-order chi connectivity index (χ1) is 17.4. The first-order valence-electron chi connectivity index (χ1n) is 11.5. The maximum Gasteiger partial charge on any atom is 0.342 e. The Bertz CT molecular complexity index is 1470.